The van der Waals surface area contributed by atoms with Crippen molar-refractivity contribution in [2.75, 3.05) is 11.5 Å². The average molecular weight is 612 g/mol. The van der Waals surface area contributed by atoms with Gasteiger partial charge >= 0.3 is 0 Å². The molecule has 0 bridgehead atoms. The normalized spacial score (nSPS) is 9.89. The van der Waals surface area contributed by atoms with E-state index in [-0.39, 0.29) is 5.69 Å². The topological polar surface area (TPSA) is 130 Å². The molecule has 27 heavy (non-hydrogen) atoms. The zero-order valence-electron chi connectivity index (χ0n) is 13.5. The van der Waals surface area contributed by atoms with Crippen LogP contribution in [-0.4, -0.2) is 14.9 Å². The van der Waals surface area contributed by atoms with Crippen molar-refractivity contribution in [3.05, 3.63) is 71.1 Å². The van der Waals surface area contributed by atoms with Gasteiger partial charge in [0.15, 0.2) is 0 Å². The van der Waals surface area contributed by atoms with Crippen molar-refractivity contribution in [3.8, 4) is 11.5 Å². The van der Waals surface area contributed by atoms with E-state index in [0.717, 1.165) is 3.57 Å². The average Bonchev–Trinajstić information content (AvgIpc) is 2.64. The van der Waals surface area contributed by atoms with Crippen molar-refractivity contribution in [2.45, 2.75) is 0 Å². The maximum absolute atomic E-state index is 10.5. The van der Waals surface area contributed by atoms with Crippen LogP contribution in [0.3, 0.4) is 0 Å². The van der Waals surface area contributed by atoms with Gasteiger partial charge in [0.1, 0.15) is 23.1 Å². The van der Waals surface area contributed by atoms with Gasteiger partial charge in [-0.1, -0.05) is 11.6 Å². The number of non-ortho nitro benzene ring substituents is 1. The second-order valence-electron chi connectivity index (χ2n) is 4.85. The Bertz CT molecular complexity index is 937. The number of nitrogen functional groups attached to an aromatic ring is 2. The fourth-order valence-electron chi connectivity index (χ4n) is 1.72. The molecule has 140 valence electrons. The SMILES string of the molecule is Nc1nccc(Cl)c1I.Nc1nccc(Oc2ccc([N+](=O)[O-])cc2)c1I. The first-order chi connectivity index (χ1) is 12.8. The van der Waals surface area contributed by atoms with Gasteiger partial charge in [0.25, 0.3) is 5.69 Å². The van der Waals surface area contributed by atoms with E-state index in [1.54, 1.807) is 18.3 Å². The number of aromatic nitrogens is 2. The van der Waals surface area contributed by atoms with Crippen LogP contribution in [0.1, 0.15) is 0 Å². The zero-order chi connectivity index (χ0) is 20.0. The van der Waals surface area contributed by atoms with Gasteiger partial charge in [0, 0.05) is 30.6 Å². The summed E-state index contributed by atoms with van der Waals surface area (Å²) in [4.78, 5) is 17.8. The maximum Gasteiger partial charge on any atom is 0.269 e. The second-order valence-corrected chi connectivity index (χ2v) is 7.42. The van der Waals surface area contributed by atoms with Crippen molar-refractivity contribution in [3.63, 3.8) is 0 Å². The van der Waals surface area contributed by atoms with Crippen LogP contribution in [0.5, 0.6) is 11.5 Å². The van der Waals surface area contributed by atoms with Crippen LogP contribution in [-0.2, 0) is 0 Å². The van der Waals surface area contributed by atoms with E-state index in [0.29, 0.717) is 31.7 Å². The number of halogens is 3. The second kappa shape index (κ2) is 9.85. The number of hydrogen-bond acceptors (Lipinski definition) is 7. The molecule has 2 aromatic heterocycles. The number of nitrogens with zero attached hydrogens (tertiary/aromatic N) is 3. The van der Waals surface area contributed by atoms with Gasteiger partial charge in [-0.2, -0.15) is 0 Å². The lowest BCUT2D eigenvalue weighted by atomic mass is 10.3. The predicted molar refractivity (Wildman–Crippen MR) is 121 cm³/mol. The van der Waals surface area contributed by atoms with E-state index in [9.17, 15) is 10.1 Å². The highest BCUT2D eigenvalue weighted by molar-refractivity contribution is 14.1. The Balaban J connectivity index is 0.000000244. The molecule has 0 spiro atoms. The molecule has 11 heteroatoms. The molecular formula is C16H12ClI2N5O3. The van der Waals surface area contributed by atoms with Gasteiger partial charge in [0.05, 0.1) is 17.1 Å². The summed E-state index contributed by atoms with van der Waals surface area (Å²) >= 11 is 9.76. The van der Waals surface area contributed by atoms with Crippen molar-refractivity contribution in [1.82, 2.24) is 9.97 Å². The largest absolute Gasteiger partial charge is 0.456 e. The van der Waals surface area contributed by atoms with E-state index in [1.165, 1.54) is 30.5 Å². The first-order valence-corrected chi connectivity index (χ1v) is 9.71. The molecule has 0 aliphatic rings. The van der Waals surface area contributed by atoms with E-state index in [2.05, 4.69) is 9.97 Å². The minimum absolute atomic E-state index is 0.0197. The first-order valence-electron chi connectivity index (χ1n) is 7.17. The standard InChI is InChI=1S/C11H8IN3O3.C5H4ClIN2/c12-10-9(5-6-14-11(10)13)18-8-3-1-7(2-4-8)15(16)17;6-3-1-2-9-5(8)4(3)7/h1-6H,(H2,13,14);1-2H,(H2,8,9). The third-order valence-corrected chi connectivity index (χ3v) is 5.88. The van der Waals surface area contributed by atoms with Crippen LogP contribution in [0, 0.1) is 17.3 Å². The monoisotopic (exact) mass is 611 g/mol. The van der Waals surface area contributed by atoms with Gasteiger partial charge in [-0.05, 0) is 63.4 Å². The lowest BCUT2D eigenvalue weighted by Crippen LogP contribution is -1.96. The van der Waals surface area contributed by atoms with Gasteiger partial charge in [-0.3, -0.25) is 10.1 Å². The van der Waals surface area contributed by atoms with Crippen LogP contribution in [0.15, 0.2) is 48.8 Å². The molecule has 8 nitrogen and oxygen atoms in total. The Morgan fingerprint density at radius 1 is 0.963 bits per heavy atom. The summed E-state index contributed by atoms with van der Waals surface area (Å²) in [5.41, 5.74) is 11.1. The molecular weight excluding hydrogens is 599 g/mol. The van der Waals surface area contributed by atoms with E-state index >= 15 is 0 Å². The summed E-state index contributed by atoms with van der Waals surface area (Å²) < 4.78 is 7.09. The summed E-state index contributed by atoms with van der Waals surface area (Å²) in [6, 6.07) is 9.22. The molecule has 0 fully saturated rings. The molecule has 0 unspecified atom stereocenters. The lowest BCUT2D eigenvalue weighted by Gasteiger charge is -2.08. The highest BCUT2D eigenvalue weighted by Crippen LogP contribution is 2.29. The van der Waals surface area contributed by atoms with Crippen LogP contribution in [0.2, 0.25) is 5.02 Å². The molecule has 0 atom stereocenters. The Labute approximate surface area is 186 Å². The molecule has 1 aromatic carbocycles. The maximum atomic E-state index is 10.5. The number of nitrogens with two attached hydrogens (primary N) is 2. The van der Waals surface area contributed by atoms with E-state index in [4.69, 9.17) is 27.8 Å². The number of ether oxygens (including phenoxy) is 1. The summed E-state index contributed by atoms with van der Waals surface area (Å²) in [6.07, 6.45) is 3.12. The summed E-state index contributed by atoms with van der Waals surface area (Å²) in [6.45, 7) is 0. The minimum Gasteiger partial charge on any atom is -0.456 e. The number of nitro groups is 1. The van der Waals surface area contributed by atoms with Crippen LogP contribution in [0.4, 0.5) is 17.3 Å². The molecule has 4 N–H and O–H groups in total. The third-order valence-electron chi connectivity index (χ3n) is 3.03. The van der Waals surface area contributed by atoms with Crippen molar-refractivity contribution in [1.29, 1.82) is 0 Å². The number of anilines is 2. The van der Waals surface area contributed by atoms with Crippen molar-refractivity contribution in [2.24, 2.45) is 0 Å². The molecule has 0 saturated carbocycles. The Kier molecular flexibility index (Phi) is 7.79. The Morgan fingerprint density at radius 2 is 1.52 bits per heavy atom. The van der Waals surface area contributed by atoms with Gasteiger partial charge in [-0.15, -0.1) is 0 Å². The van der Waals surface area contributed by atoms with Crippen LogP contribution >= 0.6 is 56.8 Å². The molecule has 0 saturated heterocycles. The summed E-state index contributed by atoms with van der Waals surface area (Å²) in [5.74, 6) is 1.94. The number of hydrogen-bond donors (Lipinski definition) is 2. The number of benzene rings is 1. The molecule has 2 heterocycles. The summed E-state index contributed by atoms with van der Waals surface area (Å²) in [5, 5.41) is 11.2. The highest BCUT2D eigenvalue weighted by atomic mass is 127. The van der Waals surface area contributed by atoms with E-state index in [1.807, 2.05) is 45.2 Å². The fourth-order valence-corrected chi connectivity index (χ4v) is 2.62. The molecule has 0 aliphatic heterocycles. The predicted octanol–water partition coefficient (Wildman–Crippen LogP) is 4.89. The van der Waals surface area contributed by atoms with Gasteiger partial charge in [-0.25, -0.2) is 9.97 Å². The van der Waals surface area contributed by atoms with Gasteiger partial charge in [0.2, 0.25) is 0 Å². The molecule has 0 radical (unpaired) electrons. The van der Waals surface area contributed by atoms with E-state index < -0.39 is 4.92 Å². The smallest absolute Gasteiger partial charge is 0.269 e. The minimum atomic E-state index is -0.460. The third kappa shape index (κ3) is 6.04. The lowest BCUT2D eigenvalue weighted by molar-refractivity contribution is -0.384. The Hall–Kier alpha value is -1.93. The van der Waals surface area contributed by atoms with Gasteiger partial charge < -0.3 is 16.2 Å². The Morgan fingerprint density at radius 3 is 2.04 bits per heavy atom. The van der Waals surface area contributed by atoms with Crippen molar-refractivity contribution >= 4 is 74.1 Å². The van der Waals surface area contributed by atoms with Crippen LogP contribution in [0.25, 0.3) is 0 Å². The molecule has 3 rings (SSSR count). The number of nitro benzene ring substituents is 1. The quantitative estimate of drug-likeness (QED) is 0.245. The molecule has 0 amide bonds. The molecule has 0 aliphatic carbocycles. The highest BCUT2D eigenvalue weighted by Gasteiger charge is 2.08. The summed E-state index contributed by atoms with van der Waals surface area (Å²) in [7, 11) is 0. The number of rotatable bonds is 3. The fraction of sp³-hybridized carbons (Fsp3) is 0. The molecule has 3 aromatic rings. The van der Waals surface area contributed by atoms with Crippen molar-refractivity contribution < 1.29 is 9.66 Å². The first kappa shape index (κ1) is 21.4. The number of pyridine rings is 2. The van der Waals surface area contributed by atoms with Crippen LogP contribution < -0.4 is 16.2 Å². The zero-order valence-corrected chi connectivity index (χ0v) is 18.5.